The zero-order valence-corrected chi connectivity index (χ0v) is 17.5. The molecule has 4 rings (SSSR count). The summed E-state index contributed by atoms with van der Waals surface area (Å²) in [5.74, 6) is -0.705. The molecule has 2 aromatic carbocycles. The molecule has 2 heterocycles. The topological polar surface area (TPSA) is 64.0 Å². The van der Waals surface area contributed by atoms with Crippen LogP contribution in [0.2, 0.25) is 0 Å². The largest absolute Gasteiger partial charge is 0.483 e. The monoisotopic (exact) mass is 418 g/mol. The molecule has 162 valence electrons. The zero-order chi connectivity index (χ0) is 22.1. The third kappa shape index (κ3) is 4.63. The van der Waals surface area contributed by atoms with Crippen molar-refractivity contribution in [2.45, 2.75) is 38.8 Å². The van der Waals surface area contributed by atoms with Crippen LogP contribution >= 0.6 is 0 Å². The Morgan fingerprint density at radius 2 is 1.63 bits per heavy atom. The van der Waals surface area contributed by atoms with Gasteiger partial charge in [-0.3, -0.25) is 9.69 Å². The van der Waals surface area contributed by atoms with Crippen molar-refractivity contribution in [3.63, 3.8) is 0 Å². The number of halogens is 2. The quantitative estimate of drug-likeness (QED) is 0.745. The van der Waals surface area contributed by atoms with E-state index in [9.17, 15) is 13.9 Å². The molecule has 0 bridgehead atoms. The molecule has 2 aliphatic rings. The molecule has 0 aromatic heterocycles. The van der Waals surface area contributed by atoms with Crippen LogP contribution in [0.1, 0.15) is 35.1 Å². The lowest BCUT2D eigenvalue weighted by molar-refractivity contribution is -0.122. The number of nitrogens with zero attached hydrogens (tertiary/aromatic N) is 2. The first kappa shape index (κ1) is 22.2. The number of rotatable bonds is 4. The molecule has 0 unspecified atom stereocenters. The molecule has 0 spiro atoms. The van der Waals surface area contributed by atoms with Gasteiger partial charge in [-0.05, 0) is 55.2 Å². The summed E-state index contributed by atoms with van der Waals surface area (Å²) in [5, 5.41) is 16.8. The van der Waals surface area contributed by atoms with E-state index in [1.165, 1.54) is 40.5 Å². The Balaban J connectivity index is 0.000000806. The van der Waals surface area contributed by atoms with Gasteiger partial charge in [-0.25, -0.2) is 8.78 Å². The molecule has 30 heavy (non-hydrogen) atoms. The molecule has 7 heteroatoms. The minimum Gasteiger partial charge on any atom is -0.483 e. The second-order valence-electron chi connectivity index (χ2n) is 8.55. The van der Waals surface area contributed by atoms with Gasteiger partial charge in [-0.15, -0.1) is 0 Å². The maximum Gasteiger partial charge on any atom is 0.290 e. The zero-order valence-electron chi connectivity index (χ0n) is 17.5. The summed E-state index contributed by atoms with van der Waals surface area (Å²) >= 11 is 0. The third-order valence-corrected chi connectivity index (χ3v) is 5.84. The molecule has 2 aromatic rings. The Labute approximate surface area is 175 Å². The second kappa shape index (κ2) is 8.70. The number of carbonyl (C=O) groups is 1. The number of benzene rings is 2. The fraction of sp³-hybridized carbons (Fsp3) is 0.435. The van der Waals surface area contributed by atoms with E-state index in [0.29, 0.717) is 32.1 Å². The van der Waals surface area contributed by atoms with E-state index < -0.39 is 17.2 Å². The Morgan fingerprint density at radius 1 is 1.13 bits per heavy atom. The molecule has 2 N–H and O–H groups in total. The normalized spacial score (nSPS) is 18.1. The highest BCUT2D eigenvalue weighted by molar-refractivity contribution is 5.54. The predicted molar refractivity (Wildman–Crippen MR) is 112 cm³/mol. The van der Waals surface area contributed by atoms with Gasteiger partial charge >= 0.3 is 0 Å². The van der Waals surface area contributed by atoms with Gasteiger partial charge in [-0.1, -0.05) is 18.2 Å². The lowest BCUT2D eigenvalue weighted by Gasteiger charge is -2.45. The number of carboxylic acid groups (broad SMARTS) is 1. The summed E-state index contributed by atoms with van der Waals surface area (Å²) in [7, 11) is 0. The lowest BCUT2D eigenvalue weighted by atomic mass is 9.86. The lowest BCUT2D eigenvalue weighted by Crippen LogP contribution is -2.59. The second-order valence-corrected chi connectivity index (χ2v) is 8.55. The maximum absolute atomic E-state index is 13.9. The van der Waals surface area contributed by atoms with Crippen molar-refractivity contribution < 1.29 is 23.8 Å². The van der Waals surface area contributed by atoms with Crippen LogP contribution in [0.4, 0.5) is 14.5 Å². The van der Waals surface area contributed by atoms with Crippen molar-refractivity contribution in [1.29, 1.82) is 0 Å². The summed E-state index contributed by atoms with van der Waals surface area (Å²) in [4.78, 5) is 12.4. The van der Waals surface area contributed by atoms with Gasteiger partial charge in [0.15, 0.2) is 0 Å². The van der Waals surface area contributed by atoms with Crippen LogP contribution in [-0.4, -0.2) is 53.4 Å². The number of para-hydroxylation sites is 1. The Hall–Kier alpha value is -2.51. The summed E-state index contributed by atoms with van der Waals surface area (Å²) in [5.41, 5.74) is 4.56. The maximum atomic E-state index is 13.9. The smallest absolute Gasteiger partial charge is 0.290 e. The van der Waals surface area contributed by atoms with Crippen molar-refractivity contribution in [2.75, 3.05) is 31.1 Å². The highest BCUT2D eigenvalue weighted by Gasteiger charge is 2.37. The number of aryl methyl sites for hydroxylation is 2. The number of β-amino-alcohol motifs (C(OH)–C–C–N with tert-alkyl or cyclic N) is 1. The number of likely N-dealkylation sites (tertiary alicyclic amines) is 1. The number of anilines is 1. The fourth-order valence-electron chi connectivity index (χ4n) is 4.43. The van der Waals surface area contributed by atoms with E-state index in [4.69, 9.17) is 9.90 Å². The minimum absolute atomic E-state index is 0.0867. The van der Waals surface area contributed by atoms with Crippen LogP contribution in [0.25, 0.3) is 0 Å². The standard InChI is InChI=1S/C22H26F2N2O.CH2O2/c1-14-7-16(8-15(2)18(14)11-25-12-22(3,27)13-25)17-9-26(10-17)21-19(23)5-4-6-20(21)24;2-1-3/h4-8,17,27H,9-13H2,1-3H3;1H,(H,2,3). The average Bonchev–Trinajstić information content (AvgIpc) is 2.58. The number of hydrogen-bond acceptors (Lipinski definition) is 4. The van der Waals surface area contributed by atoms with Crippen LogP contribution in [0, 0.1) is 25.5 Å². The van der Waals surface area contributed by atoms with Gasteiger partial charge in [0, 0.05) is 38.6 Å². The van der Waals surface area contributed by atoms with E-state index in [1.807, 2.05) is 6.92 Å². The summed E-state index contributed by atoms with van der Waals surface area (Å²) in [6, 6.07) is 8.43. The Kier molecular flexibility index (Phi) is 6.43. The third-order valence-electron chi connectivity index (χ3n) is 5.84. The van der Waals surface area contributed by atoms with Crippen LogP contribution in [0.3, 0.4) is 0 Å². The summed E-state index contributed by atoms with van der Waals surface area (Å²) in [6.07, 6.45) is 0. The van der Waals surface area contributed by atoms with Gasteiger partial charge in [0.25, 0.3) is 6.47 Å². The van der Waals surface area contributed by atoms with E-state index in [1.54, 1.807) is 4.90 Å². The average molecular weight is 418 g/mol. The van der Waals surface area contributed by atoms with Gasteiger partial charge in [-0.2, -0.15) is 0 Å². The van der Waals surface area contributed by atoms with Gasteiger partial charge < -0.3 is 15.1 Å². The molecule has 2 saturated heterocycles. The molecular formula is C23H28F2N2O3. The SMILES string of the molecule is Cc1cc(C2CN(c3c(F)cccc3F)C2)cc(C)c1CN1CC(C)(O)C1.O=CO. The van der Waals surface area contributed by atoms with Gasteiger partial charge in [0.05, 0.1) is 5.60 Å². The van der Waals surface area contributed by atoms with Crippen molar-refractivity contribution >= 4 is 12.2 Å². The predicted octanol–water partition coefficient (Wildman–Crippen LogP) is 3.45. The van der Waals surface area contributed by atoms with Crippen LogP contribution < -0.4 is 4.90 Å². The first-order valence-electron chi connectivity index (χ1n) is 9.96. The molecule has 0 radical (unpaired) electrons. The van der Waals surface area contributed by atoms with E-state index in [0.717, 1.165) is 6.54 Å². The van der Waals surface area contributed by atoms with Crippen molar-refractivity contribution in [1.82, 2.24) is 4.90 Å². The van der Waals surface area contributed by atoms with E-state index in [-0.39, 0.29) is 12.2 Å². The minimum atomic E-state index is -0.556. The summed E-state index contributed by atoms with van der Waals surface area (Å²) in [6.45, 7) is 9.39. The first-order valence-corrected chi connectivity index (χ1v) is 9.96. The van der Waals surface area contributed by atoms with E-state index >= 15 is 0 Å². The molecule has 2 fully saturated rings. The van der Waals surface area contributed by atoms with Crippen molar-refractivity contribution in [3.8, 4) is 0 Å². The van der Waals surface area contributed by atoms with Crippen molar-refractivity contribution in [2.24, 2.45) is 0 Å². The van der Waals surface area contributed by atoms with Crippen LogP contribution in [0.15, 0.2) is 30.3 Å². The molecule has 0 amide bonds. The molecular weight excluding hydrogens is 390 g/mol. The molecule has 5 nitrogen and oxygen atoms in total. The Morgan fingerprint density at radius 3 is 2.10 bits per heavy atom. The van der Waals surface area contributed by atoms with Crippen LogP contribution in [0.5, 0.6) is 0 Å². The molecule has 0 saturated carbocycles. The number of aliphatic hydroxyl groups is 1. The molecule has 0 atom stereocenters. The van der Waals surface area contributed by atoms with Crippen molar-refractivity contribution in [3.05, 3.63) is 64.2 Å². The highest BCUT2D eigenvalue weighted by atomic mass is 19.1. The molecule has 2 aliphatic heterocycles. The van der Waals surface area contributed by atoms with Crippen LogP contribution in [-0.2, 0) is 11.3 Å². The summed E-state index contributed by atoms with van der Waals surface area (Å²) < 4.78 is 27.9. The first-order chi connectivity index (χ1) is 14.1. The fourth-order valence-corrected chi connectivity index (χ4v) is 4.43. The highest BCUT2D eigenvalue weighted by Crippen LogP contribution is 2.36. The van der Waals surface area contributed by atoms with Gasteiger partial charge in [0.2, 0.25) is 0 Å². The number of hydrogen-bond donors (Lipinski definition) is 2. The Bertz CT molecular complexity index is 875. The van der Waals surface area contributed by atoms with E-state index in [2.05, 4.69) is 30.9 Å². The van der Waals surface area contributed by atoms with Gasteiger partial charge in [0.1, 0.15) is 17.3 Å². The molecule has 0 aliphatic carbocycles.